The molecule has 2 heterocycles. The van der Waals surface area contributed by atoms with E-state index in [-0.39, 0.29) is 29.8 Å². The molecule has 29 heavy (non-hydrogen) atoms. The van der Waals surface area contributed by atoms with Crippen molar-refractivity contribution < 1.29 is 18.3 Å². The third kappa shape index (κ3) is 7.21. The Morgan fingerprint density at radius 1 is 1.21 bits per heavy atom. The molecule has 2 saturated heterocycles. The lowest BCUT2D eigenvalue weighted by Gasteiger charge is -2.37. The minimum atomic E-state index is -0.417. The minimum Gasteiger partial charge on any atom is -0.381 e. The van der Waals surface area contributed by atoms with E-state index in [2.05, 4.69) is 15.2 Å². The fraction of sp³-hybridized carbons (Fsp3) is 0.650. The van der Waals surface area contributed by atoms with Crippen LogP contribution in [-0.4, -0.2) is 76.6 Å². The summed E-state index contributed by atoms with van der Waals surface area (Å²) in [5.74, 6) is 0.0339. The maximum atomic E-state index is 14.0. The molecule has 9 heteroatoms. The third-order valence-corrected chi connectivity index (χ3v) is 5.17. The Balaban J connectivity index is 0.00000300. The van der Waals surface area contributed by atoms with Gasteiger partial charge in [0, 0.05) is 65.7 Å². The standard InChI is InChI=1S/C20H30F2N4O2.HI/c1-23-20(24-7-2-12-28-17-5-13-27-14-6-17)26-10-8-25(9-11-26)19-15-16(21)3-4-18(19)22;/h3-4,15,17H,2,5-14H2,1H3,(H,23,24);1H. The monoisotopic (exact) mass is 524 g/mol. The zero-order valence-electron chi connectivity index (χ0n) is 16.9. The van der Waals surface area contributed by atoms with Gasteiger partial charge in [0.25, 0.3) is 0 Å². The number of guanidine groups is 1. The zero-order chi connectivity index (χ0) is 19.8. The lowest BCUT2D eigenvalue weighted by Crippen LogP contribution is -2.53. The molecule has 164 valence electrons. The van der Waals surface area contributed by atoms with Crippen molar-refractivity contribution in [1.82, 2.24) is 10.2 Å². The van der Waals surface area contributed by atoms with Crippen LogP contribution in [0.5, 0.6) is 0 Å². The highest BCUT2D eigenvalue weighted by Gasteiger charge is 2.22. The molecule has 2 aliphatic rings. The number of benzene rings is 1. The molecule has 1 aromatic carbocycles. The summed E-state index contributed by atoms with van der Waals surface area (Å²) in [5.41, 5.74) is 0.327. The summed E-state index contributed by atoms with van der Waals surface area (Å²) in [7, 11) is 1.76. The first kappa shape index (κ1) is 24.1. The number of hydrogen-bond acceptors (Lipinski definition) is 4. The predicted octanol–water partition coefficient (Wildman–Crippen LogP) is 2.87. The Bertz CT molecular complexity index is 651. The van der Waals surface area contributed by atoms with Crippen LogP contribution in [0.25, 0.3) is 0 Å². The van der Waals surface area contributed by atoms with Crippen molar-refractivity contribution in [2.24, 2.45) is 4.99 Å². The summed E-state index contributed by atoms with van der Waals surface area (Å²) in [6.07, 6.45) is 3.19. The predicted molar refractivity (Wildman–Crippen MR) is 121 cm³/mol. The minimum absolute atomic E-state index is 0. The van der Waals surface area contributed by atoms with Crippen LogP contribution < -0.4 is 10.2 Å². The molecule has 0 bridgehead atoms. The van der Waals surface area contributed by atoms with Gasteiger partial charge in [-0.2, -0.15) is 0 Å². The smallest absolute Gasteiger partial charge is 0.193 e. The zero-order valence-corrected chi connectivity index (χ0v) is 19.2. The van der Waals surface area contributed by atoms with Gasteiger partial charge in [0.2, 0.25) is 0 Å². The number of anilines is 1. The second kappa shape index (κ2) is 12.5. The number of hydrogen-bond donors (Lipinski definition) is 1. The number of nitrogens with zero attached hydrogens (tertiary/aromatic N) is 3. The molecule has 0 atom stereocenters. The molecular weight excluding hydrogens is 493 g/mol. The summed E-state index contributed by atoms with van der Waals surface area (Å²) in [6.45, 7) is 5.74. The van der Waals surface area contributed by atoms with Crippen LogP contribution in [0, 0.1) is 11.6 Å². The summed E-state index contributed by atoms with van der Waals surface area (Å²) < 4.78 is 38.6. The first-order valence-corrected chi connectivity index (χ1v) is 10.0. The second-order valence-corrected chi connectivity index (χ2v) is 7.08. The van der Waals surface area contributed by atoms with Gasteiger partial charge in [0.05, 0.1) is 11.8 Å². The summed E-state index contributed by atoms with van der Waals surface area (Å²) in [4.78, 5) is 8.37. The average Bonchev–Trinajstić information content (AvgIpc) is 2.73. The molecular formula is C20H31F2IN4O2. The van der Waals surface area contributed by atoms with Gasteiger partial charge in [-0.3, -0.25) is 4.99 Å². The molecule has 6 nitrogen and oxygen atoms in total. The average molecular weight is 524 g/mol. The maximum Gasteiger partial charge on any atom is 0.193 e. The van der Waals surface area contributed by atoms with Crippen LogP contribution in [0.1, 0.15) is 19.3 Å². The number of nitrogens with one attached hydrogen (secondary N) is 1. The lowest BCUT2D eigenvalue weighted by molar-refractivity contribution is -0.0320. The van der Waals surface area contributed by atoms with Gasteiger partial charge in [0.1, 0.15) is 11.6 Å². The van der Waals surface area contributed by atoms with E-state index >= 15 is 0 Å². The number of ether oxygens (including phenoxy) is 2. The van der Waals surface area contributed by atoms with E-state index in [1.54, 1.807) is 7.05 Å². The largest absolute Gasteiger partial charge is 0.381 e. The Kier molecular flexibility index (Phi) is 10.4. The topological polar surface area (TPSA) is 49.3 Å². The Morgan fingerprint density at radius 2 is 1.93 bits per heavy atom. The van der Waals surface area contributed by atoms with Crippen molar-refractivity contribution in [2.45, 2.75) is 25.4 Å². The van der Waals surface area contributed by atoms with Gasteiger partial charge >= 0.3 is 0 Å². The van der Waals surface area contributed by atoms with Crippen LogP contribution >= 0.6 is 24.0 Å². The van der Waals surface area contributed by atoms with Crippen LogP contribution in [0.2, 0.25) is 0 Å². The Hall–Kier alpha value is -1.20. The van der Waals surface area contributed by atoms with E-state index in [4.69, 9.17) is 9.47 Å². The van der Waals surface area contributed by atoms with Gasteiger partial charge in [-0.05, 0) is 31.4 Å². The summed E-state index contributed by atoms with van der Waals surface area (Å²) >= 11 is 0. The molecule has 0 unspecified atom stereocenters. The molecule has 0 aromatic heterocycles. The molecule has 0 amide bonds. The number of aliphatic imine (C=N–C) groups is 1. The van der Waals surface area contributed by atoms with Gasteiger partial charge in [-0.25, -0.2) is 8.78 Å². The molecule has 1 aromatic rings. The molecule has 2 aliphatic heterocycles. The van der Waals surface area contributed by atoms with E-state index in [1.807, 2.05) is 4.90 Å². The van der Waals surface area contributed by atoms with Gasteiger partial charge < -0.3 is 24.6 Å². The van der Waals surface area contributed by atoms with E-state index in [1.165, 1.54) is 12.1 Å². The quantitative estimate of drug-likeness (QED) is 0.269. The van der Waals surface area contributed by atoms with Crippen LogP contribution in [0.3, 0.4) is 0 Å². The van der Waals surface area contributed by atoms with Gasteiger partial charge in [-0.1, -0.05) is 0 Å². The Morgan fingerprint density at radius 3 is 2.62 bits per heavy atom. The fourth-order valence-corrected chi connectivity index (χ4v) is 3.58. The fourth-order valence-electron chi connectivity index (χ4n) is 3.58. The molecule has 0 radical (unpaired) electrons. The SMILES string of the molecule is CN=C(NCCCOC1CCOCC1)N1CCN(c2cc(F)ccc2F)CC1.I. The summed E-state index contributed by atoms with van der Waals surface area (Å²) in [5, 5.41) is 3.37. The van der Waals surface area contributed by atoms with Gasteiger partial charge in [-0.15, -0.1) is 24.0 Å². The highest BCUT2D eigenvalue weighted by molar-refractivity contribution is 14.0. The van der Waals surface area contributed by atoms with Crippen molar-refractivity contribution in [3.05, 3.63) is 29.8 Å². The normalized spacial score (nSPS) is 18.5. The maximum absolute atomic E-state index is 14.0. The first-order chi connectivity index (χ1) is 13.7. The molecule has 0 saturated carbocycles. The number of rotatable bonds is 6. The van der Waals surface area contributed by atoms with E-state index in [0.717, 1.165) is 57.7 Å². The van der Waals surface area contributed by atoms with Crippen LogP contribution in [0.15, 0.2) is 23.2 Å². The van der Waals surface area contributed by atoms with Crippen molar-refractivity contribution in [2.75, 3.05) is 64.5 Å². The van der Waals surface area contributed by atoms with Crippen LogP contribution in [-0.2, 0) is 9.47 Å². The molecule has 2 fully saturated rings. The number of halogens is 3. The molecule has 0 spiro atoms. The molecule has 1 N–H and O–H groups in total. The molecule has 0 aliphatic carbocycles. The highest BCUT2D eigenvalue weighted by Crippen LogP contribution is 2.22. The van der Waals surface area contributed by atoms with E-state index in [9.17, 15) is 8.78 Å². The van der Waals surface area contributed by atoms with Gasteiger partial charge in [0.15, 0.2) is 5.96 Å². The van der Waals surface area contributed by atoms with Crippen molar-refractivity contribution in [3.63, 3.8) is 0 Å². The number of piperazine rings is 1. The van der Waals surface area contributed by atoms with Crippen molar-refractivity contribution in [3.8, 4) is 0 Å². The van der Waals surface area contributed by atoms with E-state index < -0.39 is 5.82 Å². The van der Waals surface area contributed by atoms with Crippen molar-refractivity contribution in [1.29, 1.82) is 0 Å². The van der Waals surface area contributed by atoms with E-state index in [0.29, 0.717) is 38.0 Å². The third-order valence-electron chi connectivity index (χ3n) is 5.17. The second-order valence-electron chi connectivity index (χ2n) is 7.08. The first-order valence-electron chi connectivity index (χ1n) is 10.0. The lowest BCUT2D eigenvalue weighted by atomic mass is 10.1. The Labute approximate surface area is 188 Å². The van der Waals surface area contributed by atoms with Crippen molar-refractivity contribution >= 4 is 35.6 Å². The van der Waals surface area contributed by atoms with Crippen LogP contribution in [0.4, 0.5) is 14.5 Å². The molecule has 3 rings (SSSR count). The highest BCUT2D eigenvalue weighted by atomic mass is 127. The summed E-state index contributed by atoms with van der Waals surface area (Å²) in [6, 6.07) is 3.59.